The van der Waals surface area contributed by atoms with Crippen molar-refractivity contribution in [1.29, 1.82) is 0 Å². The highest BCUT2D eigenvalue weighted by molar-refractivity contribution is 7.89. The van der Waals surface area contributed by atoms with E-state index in [1.807, 2.05) is 37.3 Å². The van der Waals surface area contributed by atoms with Crippen LogP contribution in [-0.2, 0) is 16.4 Å². The predicted molar refractivity (Wildman–Crippen MR) is 133 cm³/mol. The van der Waals surface area contributed by atoms with Crippen LogP contribution in [-0.4, -0.2) is 44.8 Å². The van der Waals surface area contributed by atoms with Crippen molar-refractivity contribution in [2.75, 3.05) is 36.4 Å². The van der Waals surface area contributed by atoms with Crippen molar-refractivity contribution < 1.29 is 17.6 Å². The average molecular weight is 502 g/mol. The molecule has 1 saturated heterocycles. The first kappa shape index (κ1) is 24.2. The molecule has 0 spiro atoms. The highest BCUT2D eigenvalue weighted by Crippen LogP contribution is 2.25. The van der Waals surface area contributed by atoms with Gasteiger partial charge < -0.3 is 10.2 Å². The van der Waals surface area contributed by atoms with E-state index in [0.717, 1.165) is 29.8 Å². The minimum atomic E-state index is -3.90. The molecule has 34 heavy (non-hydrogen) atoms. The van der Waals surface area contributed by atoms with Crippen LogP contribution in [0.25, 0.3) is 0 Å². The average Bonchev–Trinajstić information content (AvgIpc) is 2.84. The number of nitrogens with zero attached hydrogens (tertiary/aromatic N) is 2. The van der Waals surface area contributed by atoms with E-state index < -0.39 is 21.7 Å². The van der Waals surface area contributed by atoms with Gasteiger partial charge in [0.1, 0.15) is 5.82 Å². The fraction of sp³-hybridized carbons (Fsp3) is 0.240. The molecule has 4 rings (SSSR count). The Balaban J connectivity index is 1.49. The molecule has 0 aromatic heterocycles. The number of sulfonamides is 1. The van der Waals surface area contributed by atoms with E-state index in [4.69, 9.17) is 11.6 Å². The number of piperazine rings is 1. The van der Waals surface area contributed by atoms with E-state index in [9.17, 15) is 17.6 Å². The fourth-order valence-electron chi connectivity index (χ4n) is 3.87. The largest absolute Gasteiger partial charge is 0.369 e. The first-order chi connectivity index (χ1) is 16.3. The predicted octanol–water partition coefficient (Wildman–Crippen LogP) is 4.80. The molecule has 0 bridgehead atoms. The summed E-state index contributed by atoms with van der Waals surface area (Å²) < 4.78 is 42.3. The zero-order chi connectivity index (χ0) is 24.3. The molecule has 1 amide bonds. The summed E-state index contributed by atoms with van der Waals surface area (Å²) in [6.45, 7) is 3.52. The summed E-state index contributed by atoms with van der Waals surface area (Å²) in [5.41, 5.74) is 2.22. The van der Waals surface area contributed by atoms with Gasteiger partial charge in [-0.3, -0.25) is 4.79 Å². The normalized spacial score (nSPS) is 14.7. The van der Waals surface area contributed by atoms with Gasteiger partial charge in [0.05, 0.1) is 10.5 Å². The van der Waals surface area contributed by atoms with Gasteiger partial charge in [0.25, 0.3) is 5.91 Å². The molecular weight excluding hydrogens is 477 g/mol. The molecule has 0 radical (unpaired) electrons. The van der Waals surface area contributed by atoms with Crippen LogP contribution in [0.3, 0.4) is 0 Å². The second-order valence-corrected chi connectivity index (χ2v) is 10.4. The van der Waals surface area contributed by atoms with Crippen molar-refractivity contribution in [3.05, 3.63) is 88.7 Å². The van der Waals surface area contributed by atoms with Crippen LogP contribution in [0.2, 0.25) is 5.02 Å². The second-order valence-electron chi connectivity index (χ2n) is 8.02. The molecule has 178 valence electrons. The van der Waals surface area contributed by atoms with Gasteiger partial charge in [0.15, 0.2) is 0 Å². The molecule has 0 atom stereocenters. The Bertz CT molecular complexity index is 1290. The molecule has 9 heteroatoms. The molecule has 3 aromatic rings. The van der Waals surface area contributed by atoms with Crippen LogP contribution < -0.4 is 10.2 Å². The second kappa shape index (κ2) is 10.1. The minimum absolute atomic E-state index is 0.114. The summed E-state index contributed by atoms with van der Waals surface area (Å²) in [7, 11) is -3.90. The molecule has 0 aliphatic carbocycles. The van der Waals surface area contributed by atoms with Gasteiger partial charge in [-0.05, 0) is 60.5 Å². The van der Waals surface area contributed by atoms with Crippen LogP contribution in [0, 0.1) is 5.82 Å². The summed E-state index contributed by atoms with van der Waals surface area (Å²) >= 11 is 6.07. The molecule has 1 heterocycles. The zero-order valence-corrected chi connectivity index (χ0v) is 20.2. The number of anilines is 2. The van der Waals surface area contributed by atoms with Crippen LogP contribution >= 0.6 is 11.6 Å². The summed E-state index contributed by atoms with van der Waals surface area (Å²) in [6, 6.07) is 17.9. The first-order valence-corrected chi connectivity index (χ1v) is 12.8. The van der Waals surface area contributed by atoms with E-state index in [-0.39, 0.29) is 23.5 Å². The number of amides is 1. The molecule has 0 unspecified atom stereocenters. The van der Waals surface area contributed by atoms with Gasteiger partial charge in [0.2, 0.25) is 10.0 Å². The zero-order valence-electron chi connectivity index (χ0n) is 18.7. The van der Waals surface area contributed by atoms with Gasteiger partial charge >= 0.3 is 0 Å². The van der Waals surface area contributed by atoms with Crippen molar-refractivity contribution >= 4 is 38.9 Å². The summed E-state index contributed by atoms with van der Waals surface area (Å²) in [6.07, 6.45) is 0.857. The van der Waals surface area contributed by atoms with Gasteiger partial charge in [-0.2, -0.15) is 4.31 Å². The SMILES string of the molecule is CCc1ccc(NC(=O)c2cc(S(=O)(=O)N3CCN(c4cccc(Cl)c4)CC3)ccc2F)cc1. The summed E-state index contributed by atoms with van der Waals surface area (Å²) in [5.74, 6) is -1.49. The number of carbonyl (C=O) groups is 1. The number of nitrogens with one attached hydrogen (secondary N) is 1. The van der Waals surface area contributed by atoms with Gasteiger partial charge in [-0.25, -0.2) is 12.8 Å². The number of benzene rings is 3. The molecule has 1 aliphatic heterocycles. The van der Waals surface area contributed by atoms with Crippen molar-refractivity contribution in [3.63, 3.8) is 0 Å². The van der Waals surface area contributed by atoms with Crippen molar-refractivity contribution in [2.45, 2.75) is 18.2 Å². The monoisotopic (exact) mass is 501 g/mol. The molecule has 0 saturated carbocycles. The van der Waals surface area contributed by atoms with E-state index >= 15 is 0 Å². The molecule has 1 N–H and O–H groups in total. The Morgan fingerprint density at radius 3 is 2.35 bits per heavy atom. The van der Waals surface area contributed by atoms with Gasteiger partial charge in [-0.15, -0.1) is 0 Å². The highest BCUT2D eigenvalue weighted by atomic mass is 35.5. The van der Waals surface area contributed by atoms with E-state index in [1.165, 1.54) is 10.4 Å². The standard InChI is InChI=1S/C25H25ClFN3O3S/c1-2-18-6-8-20(9-7-18)28-25(31)23-17-22(10-11-24(23)27)34(32,33)30-14-12-29(13-15-30)21-5-3-4-19(26)16-21/h3-11,16-17H,2,12-15H2,1H3,(H,28,31). The number of aryl methyl sites for hydroxylation is 1. The van der Waals surface area contributed by atoms with Crippen molar-refractivity contribution in [2.24, 2.45) is 0 Å². The Morgan fingerprint density at radius 2 is 1.71 bits per heavy atom. The Labute approximate surface area is 204 Å². The Morgan fingerprint density at radius 1 is 1.00 bits per heavy atom. The third-order valence-corrected chi connectivity index (χ3v) is 7.98. The van der Waals surface area contributed by atoms with E-state index in [2.05, 4.69) is 10.2 Å². The van der Waals surface area contributed by atoms with Gasteiger partial charge in [-0.1, -0.05) is 36.7 Å². The molecule has 1 aliphatic rings. The van der Waals surface area contributed by atoms with Gasteiger partial charge in [0, 0.05) is 42.6 Å². The minimum Gasteiger partial charge on any atom is -0.369 e. The summed E-state index contributed by atoms with van der Waals surface area (Å²) in [4.78, 5) is 14.6. The molecule has 3 aromatic carbocycles. The number of rotatable bonds is 6. The number of hydrogen-bond acceptors (Lipinski definition) is 4. The maximum absolute atomic E-state index is 14.5. The third kappa shape index (κ3) is 5.24. The lowest BCUT2D eigenvalue weighted by molar-refractivity contribution is 0.102. The number of hydrogen-bond donors (Lipinski definition) is 1. The van der Waals surface area contributed by atoms with Crippen molar-refractivity contribution in [3.8, 4) is 0 Å². The maximum atomic E-state index is 14.5. The highest BCUT2D eigenvalue weighted by Gasteiger charge is 2.30. The molecular formula is C25H25ClFN3O3S. The smallest absolute Gasteiger partial charge is 0.258 e. The van der Waals surface area contributed by atoms with Crippen LogP contribution in [0.1, 0.15) is 22.8 Å². The number of halogens is 2. The Hall–Kier alpha value is -2.94. The third-order valence-electron chi connectivity index (χ3n) is 5.85. The first-order valence-electron chi connectivity index (χ1n) is 11.0. The van der Waals surface area contributed by atoms with E-state index in [0.29, 0.717) is 23.8 Å². The number of carbonyl (C=O) groups excluding carboxylic acids is 1. The van der Waals surface area contributed by atoms with Crippen LogP contribution in [0.5, 0.6) is 0 Å². The fourth-order valence-corrected chi connectivity index (χ4v) is 5.50. The topological polar surface area (TPSA) is 69.7 Å². The maximum Gasteiger partial charge on any atom is 0.258 e. The summed E-state index contributed by atoms with van der Waals surface area (Å²) in [5, 5.41) is 3.25. The van der Waals surface area contributed by atoms with Crippen LogP contribution in [0.4, 0.5) is 15.8 Å². The molecule has 1 fully saturated rings. The Kier molecular flexibility index (Phi) is 7.21. The van der Waals surface area contributed by atoms with Crippen LogP contribution in [0.15, 0.2) is 71.6 Å². The van der Waals surface area contributed by atoms with Crippen molar-refractivity contribution in [1.82, 2.24) is 4.31 Å². The van der Waals surface area contributed by atoms with E-state index in [1.54, 1.807) is 18.2 Å². The lowest BCUT2D eigenvalue weighted by atomic mass is 10.1. The lowest BCUT2D eigenvalue weighted by Gasteiger charge is -2.35. The lowest BCUT2D eigenvalue weighted by Crippen LogP contribution is -2.48. The molecule has 6 nitrogen and oxygen atoms in total. The quantitative estimate of drug-likeness (QED) is 0.526.